The van der Waals surface area contributed by atoms with Gasteiger partial charge in [-0.2, -0.15) is 0 Å². The molecule has 1 aliphatic rings. The molecule has 5 rings (SSSR count). The molecule has 4 N–H and O–H groups in total. The van der Waals surface area contributed by atoms with Crippen LogP contribution in [0.4, 0.5) is 11.4 Å². The van der Waals surface area contributed by atoms with Crippen LogP contribution < -0.4 is 20.9 Å². The van der Waals surface area contributed by atoms with Crippen molar-refractivity contribution in [2.24, 2.45) is 0 Å². The Kier molecular flexibility index (Phi) is 6.21. The minimum absolute atomic E-state index is 0.497. The molecule has 4 heteroatoms. The molecule has 170 valence electrons. The number of hydrogen-bond donors (Lipinski definition) is 2. The first-order valence-corrected chi connectivity index (χ1v) is 11.6. The zero-order valence-corrected chi connectivity index (χ0v) is 19.0. The zero-order chi connectivity index (χ0) is 23.3. The molecular weight excluding hydrogens is 420 g/mol. The molecular formula is C30H28N2O2. The van der Waals surface area contributed by atoms with Crippen LogP contribution in [-0.2, 0) is 0 Å². The van der Waals surface area contributed by atoms with Crippen LogP contribution in [0.25, 0.3) is 5.57 Å². The first-order valence-electron chi connectivity index (χ1n) is 11.6. The van der Waals surface area contributed by atoms with Crippen LogP contribution >= 0.6 is 0 Å². The van der Waals surface area contributed by atoms with Gasteiger partial charge in [0.25, 0.3) is 0 Å². The molecule has 0 amide bonds. The SMILES string of the molecule is Nc1ccc(Oc2ccc(C3=CCCC(c4ccc(Oc5ccc(N)cc5)cc4)C3)cc2)cc1. The molecule has 0 bridgehead atoms. The van der Waals surface area contributed by atoms with Crippen molar-refractivity contribution in [3.63, 3.8) is 0 Å². The van der Waals surface area contributed by atoms with E-state index in [1.165, 1.54) is 16.7 Å². The fourth-order valence-electron chi connectivity index (χ4n) is 4.32. The summed E-state index contributed by atoms with van der Waals surface area (Å²) in [6.07, 6.45) is 5.62. The number of benzene rings is 4. The molecule has 1 unspecified atom stereocenters. The second-order valence-electron chi connectivity index (χ2n) is 8.64. The predicted octanol–water partition coefficient (Wildman–Crippen LogP) is 7.79. The van der Waals surface area contributed by atoms with Crippen LogP contribution in [0.3, 0.4) is 0 Å². The molecule has 34 heavy (non-hydrogen) atoms. The number of allylic oxidation sites excluding steroid dienone is 2. The van der Waals surface area contributed by atoms with E-state index in [0.29, 0.717) is 5.92 Å². The number of ether oxygens (including phenoxy) is 2. The Morgan fingerprint density at radius 1 is 0.559 bits per heavy atom. The van der Waals surface area contributed by atoms with Gasteiger partial charge in [-0.25, -0.2) is 0 Å². The largest absolute Gasteiger partial charge is 0.457 e. The lowest BCUT2D eigenvalue weighted by Crippen LogP contribution is -2.05. The monoisotopic (exact) mass is 448 g/mol. The Labute approximate surface area is 200 Å². The number of hydrogen-bond acceptors (Lipinski definition) is 4. The Bertz CT molecular complexity index is 1260. The molecule has 0 heterocycles. The molecule has 1 atom stereocenters. The van der Waals surface area contributed by atoms with E-state index in [2.05, 4.69) is 30.3 Å². The van der Waals surface area contributed by atoms with Crippen molar-refractivity contribution in [1.29, 1.82) is 0 Å². The summed E-state index contributed by atoms with van der Waals surface area (Å²) in [6, 6.07) is 31.7. The van der Waals surface area contributed by atoms with Crippen molar-refractivity contribution >= 4 is 16.9 Å². The summed E-state index contributed by atoms with van der Waals surface area (Å²) in [4.78, 5) is 0. The molecule has 0 spiro atoms. The quantitative estimate of drug-likeness (QED) is 0.295. The van der Waals surface area contributed by atoms with Gasteiger partial charge in [-0.3, -0.25) is 0 Å². The van der Waals surface area contributed by atoms with Gasteiger partial charge in [-0.1, -0.05) is 30.3 Å². The third kappa shape index (κ3) is 5.24. The predicted molar refractivity (Wildman–Crippen MR) is 139 cm³/mol. The molecule has 4 nitrogen and oxygen atoms in total. The summed E-state index contributed by atoms with van der Waals surface area (Å²) >= 11 is 0. The third-order valence-corrected chi connectivity index (χ3v) is 6.18. The summed E-state index contributed by atoms with van der Waals surface area (Å²) < 4.78 is 11.9. The van der Waals surface area contributed by atoms with E-state index in [-0.39, 0.29) is 0 Å². The van der Waals surface area contributed by atoms with Crippen molar-refractivity contribution < 1.29 is 9.47 Å². The number of nitrogens with two attached hydrogens (primary N) is 2. The molecule has 0 saturated heterocycles. The molecule has 0 radical (unpaired) electrons. The van der Waals surface area contributed by atoms with E-state index in [1.807, 2.05) is 72.8 Å². The summed E-state index contributed by atoms with van der Waals surface area (Å²) in [5.41, 5.74) is 16.9. The van der Waals surface area contributed by atoms with Crippen molar-refractivity contribution in [2.75, 3.05) is 11.5 Å². The van der Waals surface area contributed by atoms with Crippen molar-refractivity contribution in [2.45, 2.75) is 25.2 Å². The average molecular weight is 449 g/mol. The van der Waals surface area contributed by atoms with Crippen molar-refractivity contribution in [3.8, 4) is 23.0 Å². The Morgan fingerprint density at radius 3 is 1.50 bits per heavy atom. The van der Waals surface area contributed by atoms with Crippen molar-refractivity contribution in [3.05, 3.63) is 114 Å². The summed E-state index contributed by atoms with van der Waals surface area (Å²) in [6.45, 7) is 0. The highest BCUT2D eigenvalue weighted by Crippen LogP contribution is 2.38. The summed E-state index contributed by atoms with van der Waals surface area (Å²) in [5, 5.41) is 0. The van der Waals surface area contributed by atoms with E-state index >= 15 is 0 Å². The van der Waals surface area contributed by atoms with Gasteiger partial charge in [0, 0.05) is 11.4 Å². The molecule has 4 aromatic rings. The lowest BCUT2D eigenvalue weighted by Gasteiger charge is -2.24. The highest BCUT2D eigenvalue weighted by atomic mass is 16.5. The van der Waals surface area contributed by atoms with Crippen LogP contribution in [0.5, 0.6) is 23.0 Å². The fourth-order valence-corrected chi connectivity index (χ4v) is 4.32. The van der Waals surface area contributed by atoms with Gasteiger partial charge in [0.15, 0.2) is 0 Å². The lowest BCUT2D eigenvalue weighted by molar-refractivity contribution is 0.482. The Hall–Kier alpha value is -4.18. The van der Waals surface area contributed by atoms with E-state index in [0.717, 1.165) is 53.6 Å². The molecule has 0 aliphatic heterocycles. The summed E-state index contributed by atoms with van der Waals surface area (Å²) in [5.74, 6) is 3.71. The van der Waals surface area contributed by atoms with Gasteiger partial charge < -0.3 is 20.9 Å². The minimum Gasteiger partial charge on any atom is -0.457 e. The maximum absolute atomic E-state index is 5.94. The van der Waals surface area contributed by atoms with Crippen LogP contribution in [0.15, 0.2) is 103 Å². The van der Waals surface area contributed by atoms with Crippen LogP contribution in [0.1, 0.15) is 36.3 Å². The molecule has 0 saturated carbocycles. The van der Waals surface area contributed by atoms with Crippen molar-refractivity contribution in [1.82, 2.24) is 0 Å². The smallest absolute Gasteiger partial charge is 0.127 e. The van der Waals surface area contributed by atoms with Gasteiger partial charge in [0.05, 0.1) is 0 Å². The molecule has 0 fully saturated rings. The standard InChI is InChI=1S/C30H28N2O2/c31-25-8-16-29(17-9-25)33-27-12-4-21(5-13-27)23-2-1-3-24(20-23)22-6-14-28(15-7-22)34-30-18-10-26(32)11-19-30/h2,4-19,24H,1,3,20,31-32H2. The topological polar surface area (TPSA) is 70.5 Å². The van der Waals surface area contributed by atoms with Crippen LogP contribution in [-0.4, -0.2) is 0 Å². The molecule has 4 aromatic carbocycles. The highest BCUT2D eigenvalue weighted by Gasteiger charge is 2.18. The fraction of sp³-hybridized carbons (Fsp3) is 0.133. The molecule has 1 aliphatic carbocycles. The normalized spacial score (nSPS) is 15.4. The van der Waals surface area contributed by atoms with Crippen LogP contribution in [0, 0.1) is 0 Å². The first-order chi connectivity index (χ1) is 16.6. The lowest BCUT2D eigenvalue weighted by atomic mass is 9.81. The minimum atomic E-state index is 0.497. The van der Waals surface area contributed by atoms with E-state index < -0.39 is 0 Å². The van der Waals surface area contributed by atoms with E-state index in [4.69, 9.17) is 20.9 Å². The maximum atomic E-state index is 5.94. The third-order valence-electron chi connectivity index (χ3n) is 6.18. The Balaban J connectivity index is 1.22. The average Bonchev–Trinajstić information content (AvgIpc) is 2.88. The van der Waals surface area contributed by atoms with E-state index in [9.17, 15) is 0 Å². The second-order valence-corrected chi connectivity index (χ2v) is 8.64. The van der Waals surface area contributed by atoms with Gasteiger partial charge in [-0.15, -0.1) is 0 Å². The van der Waals surface area contributed by atoms with Gasteiger partial charge in [0.2, 0.25) is 0 Å². The van der Waals surface area contributed by atoms with Gasteiger partial charge >= 0.3 is 0 Å². The molecule has 0 aromatic heterocycles. The summed E-state index contributed by atoms with van der Waals surface area (Å²) in [7, 11) is 0. The second kappa shape index (κ2) is 9.75. The maximum Gasteiger partial charge on any atom is 0.127 e. The van der Waals surface area contributed by atoms with Crippen LogP contribution in [0.2, 0.25) is 0 Å². The van der Waals surface area contributed by atoms with Gasteiger partial charge in [-0.05, 0) is 115 Å². The Morgan fingerprint density at radius 2 is 1.00 bits per heavy atom. The first kappa shape index (κ1) is 21.7. The number of rotatable bonds is 6. The number of anilines is 2. The highest BCUT2D eigenvalue weighted by molar-refractivity contribution is 5.68. The van der Waals surface area contributed by atoms with E-state index in [1.54, 1.807) is 0 Å². The zero-order valence-electron chi connectivity index (χ0n) is 19.0. The van der Waals surface area contributed by atoms with Gasteiger partial charge in [0.1, 0.15) is 23.0 Å². The number of nitrogen functional groups attached to an aromatic ring is 2.